The van der Waals surface area contributed by atoms with Crippen LogP contribution in [0.25, 0.3) is 0 Å². The van der Waals surface area contributed by atoms with Gasteiger partial charge in [0.2, 0.25) is 11.8 Å². The summed E-state index contributed by atoms with van der Waals surface area (Å²) in [5.74, 6) is 0.174. The first kappa shape index (κ1) is 20.8. The third-order valence-electron chi connectivity index (χ3n) is 3.52. The molecule has 0 aromatic heterocycles. The maximum absolute atomic E-state index is 11.3. The number of unbranched alkanes of at least 4 members (excludes halogenated alkanes) is 2. The van der Waals surface area contributed by atoms with E-state index in [9.17, 15) is 9.59 Å². The number of rotatable bonds is 14. The number of carbonyl (C=O) groups is 2. The lowest BCUT2D eigenvalue weighted by atomic mass is 10.2. The van der Waals surface area contributed by atoms with E-state index >= 15 is 0 Å². The fourth-order valence-electron chi connectivity index (χ4n) is 2.10. The minimum atomic E-state index is 0.0612. The molecule has 0 rings (SSSR count). The van der Waals surface area contributed by atoms with Crippen molar-refractivity contribution in [3.63, 3.8) is 0 Å². The van der Waals surface area contributed by atoms with Crippen molar-refractivity contribution in [2.24, 2.45) is 5.73 Å². The van der Waals surface area contributed by atoms with Crippen molar-refractivity contribution < 1.29 is 9.59 Å². The average molecular weight is 315 g/mol. The van der Waals surface area contributed by atoms with Crippen LogP contribution in [0.15, 0.2) is 0 Å². The number of amides is 2. The molecule has 0 bridgehead atoms. The van der Waals surface area contributed by atoms with Crippen LogP contribution in [0.3, 0.4) is 0 Å². The van der Waals surface area contributed by atoms with Crippen LogP contribution < -0.4 is 21.7 Å². The molecule has 0 aliphatic heterocycles. The van der Waals surface area contributed by atoms with Crippen LogP contribution in [0.4, 0.5) is 0 Å². The molecule has 0 aromatic carbocycles. The van der Waals surface area contributed by atoms with E-state index in [-0.39, 0.29) is 11.8 Å². The maximum Gasteiger partial charge on any atom is 0.221 e. The molecule has 2 amide bonds. The predicted molar refractivity (Wildman–Crippen MR) is 89.6 cm³/mol. The Balaban J connectivity index is 3.55. The topological polar surface area (TPSA) is 99.5 Å². The fourth-order valence-corrected chi connectivity index (χ4v) is 2.10. The van der Waals surface area contributed by atoms with Gasteiger partial charge in [-0.25, -0.2) is 0 Å². The van der Waals surface area contributed by atoms with E-state index in [1.54, 1.807) is 14.1 Å². The molecule has 0 aliphatic rings. The summed E-state index contributed by atoms with van der Waals surface area (Å²) in [4.78, 5) is 24.5. The molecule has 7 nitrogen and oxygen atoms in total. The van der Waals surface area contributed by atoms with Crippen molar-refractivity contribution in [3.05, 3.63) is 0 Å². The van der Waals surface area contributed by atoms with Crippen LogP contribution in [0.1, 0.15) is 32.1 Å². The third kappa shape index (κ3) is 12.6. The molecule has 130 valence electrons. The Morgan fingerprint density at radius 1 is 0.864 bits per heavy atom. The third-order valence-corrected chi connectivity index (χ3v) is 3.52. The second-order valence-corrected chi connectivity index (χ2v) is 5.29. The molecule has 0 fully saturated rings. The highest BCUT2D eigenvalue weighted by Gasteiger charge is 2.06. The molecule has 0 spiro atoms. The molecule has 0 aromatic rings. The number of hydrogen-bond acceptors (Lipinski definition) is 5. The summed E-state index contributed by atoms with van der Waals surface area (Å²) in [6, 6.07) is 0. The highest BCUT2D eigenvalue weighted by atomic mass is 16.2. The molecule has 0 heterocycles. The smallest absolute Gasteiger partial charge is 0.221 e. The standard InChI is InChI=1S/C15H33N5O2/c1-17-14(21)6-4-3-5-9-19-10-13-20(12-8-16)11-7-15(22)18-2/h19H,3-13,16H2,1-2H3,(H,17,21)(H,18,22). The first-order valence-corrected chi connectivity index (χ1v) is 8.18. The van der Waals surface area contributed by atoms with Gasteiger partial charge in [0.1, 0.15) is 0 Å². The van der Waals surface area contributed by atoms with Gasteiger partial charge in [-0.15, -0.1) is 0 Å². The van der Waals surface area contributed by atoms with Gasteiger partial charge in [0.05, 0.1) is 0 Å². The zero-order valence-corrected chi connectivity index (χ0v) is 14.1. The summed E-state index contributed by atoms with van der Waals surface area (Å²) in [6.45, 7) is 4.90. The molecule has 0 atom stereocenters. The highest BCUT2D eigenvalue weighted by Crippen LogP contribution is 1.98. The zero-order chi connectivity index (χ0) is 16.6. The Morgan fingerprint density at radius 2 is 1.55 bits per heavy atom. The van der Waals surface area contributed by atoms with E-state index in [0.717, 1.165) is 52.0 Å². The van der Waals surface area contributed by atoms with Crippen LogP contribution in [0, 0.1) is 0 Å². The van der Waals surface area contributed by atoms with E-state index in [1.165, 1.54) is 0 Å². The first-order chi connectivity index (χ1) is 10.6. The van der Waals surface area contributed by atoms with Crippen LogP contribution in [-0.4, -0.2) is 70.1 Å². The molecular formula is C15H33N5O2. The highest BCUT2D eigenvalue weighted by molar-refractivity contribution is 5.75. The quantitative estimate of drug-likeness (QED) is 0.317. The van der Waals surface area contributed by atoms with Gasteiger partial charge in [-0.2, -0.15) is 0 Å². The summed E-state index contributed by atoms with van der Waals surface area (Å²) in [6.07, 6.45) is 4.19. The summed E-state index contributed by atoms with van der Waals surface area (Å²) >= 11 is 0. The molecule has 0 unspecified atom stereocenters. The van der Waals surface area contributed by atoms with E-state index in [2.05, 4.69) is 20.9 Å². The van der Waals surface area contributed by atoms with Gasteiger partial charge in [0.15, 0.2) is 0 Å². The Morgan fingerprint density at radius 3 is 2.18 bits per heavy atom. The van der Waals surface area contributed by atoms with Gasteiger partial charge in [0, 0.05) is 59.7 Å². The minimum Gasteiger partial charge on any atom is -0.359 e. The van der Waals surface area contributed by atoms with Crippen molar-refractivity contribution in [3.8, 4) is 0 Å². The summed E-state index contributed by atoms with van der Waals surface area (Å²) in [7, 11) is 3.32. The number of carbonyl (C=O) groups excluding carboxylic acids is 2. The van der Waals surface area contributed by atoms with Gasteiger partial charge in [-0.1, -0.05) is 6.42 Å². The van der Waals surface area contributed by atoms with Crippen molar-refractivity contribution in [2.75, 3.05) is 53.4 Å². The Hall–Kier alpha value is -1.18. The SMILES string of the molecule is CNC(=O)CCCCCNCCN(CCN)CCC(=O)NC. The van der Waals surface area contributed by atoms with Gasteiger partial charge in [0.25, 0.3) is 0 Å². The van der Waals surface area contributed by atoms with E-state index in [4.69, 9.17) is 5.73 Å². The second kappa shape index (κ2) is 14.7. The largest absolute Gasteiger partial charge is 0.359 e. The lowest BCUT2D eigenvalue weighted by Gasteiger charge is -2.21. The molecule has 5 N–H and O–H groups in total. The van der Waals surface area contributed by atoms with E-state index < -0.39 is 0 Å². The number of nitrogens with zero attached hydrogens (tertiary/aromatic N) is 1. The number of nitrogens with one attached hydrogen (secondary N) is 3. The summed E-state index contributed by atoms with van der Waals surface area (Å²) < 4.78 is 0. The normalized spacial score (nSPS) is 10.7. The van der Waals surface area contributed by atoms with Crippen LogP contribution in [0.2, 0.25) is 0 Å². The monoisotopic (exact) mass is 315 g/mol. The maximum atomic E-state index is 11.3. The van der Waals surface area contributed by atoms with Crippen LogP contribution in [0.5, 0.6) is 0 Å². The number of hydrogen-bond donors (Lipinski definition) is 4. The van der Waals surface area contributed by atoms with Crippen molar-refractivity contribution in [1.82, 2.24) is 20.9 Å². The van der Waals surface area contributed by atoms with E-state index in [0.29, 0.717) is 19.4 Å². The Labute approximate surface area is 134 Å². The predicted octanol–water partition coefficient (Wildman–Crippen LogP) is -0.721. The molecule has 7 heteroatoms. The average Bonchev–Trinajstić information content (AvgIpc) is 2.53. The van der Waals surface area contributed by atoms with Crippen molar-refractivity contribution >= 4 is 11.8 Å². The Bertz CT molecular complexity index is 300. The van der Waals surface area contributed by atoms with Gasteiger partial charge in [-0.05, 0) is 19.4 Å². The van der Waals surface area contributed by atoms with E-state index in [1.807, 2.05) is 0 Å². The summed E-state index contributed by atoms with van der Waals surface area (Å²) in [5, 5.41) is 8.65. The van der Waals surface area contributed by atoms with Gasteiger partial charge in [-0.3, -0.25) is 9.59 Å². The molecule has 22 heavy (non-hydrogen) atoms. The van der Waals surface area contributed by atoms with Crippen LogP contribution >= 0.6 is 0 Å². The molecule has 0 radical (unpaired) electrons. The second-order valence-electron chi connectivity index (χ2n) is 5.29. The molecular weight excluding hydrogens is 282 g/mol. The summed E-state index contributed by atoms with van der Waals surface area (Å²) in [5.41, 5.74) is 5.59. The first-order valence-electron chi connectivity index (χ1n) is 8.18. The van der Waals surface area contributed by atoms with Crippen LogP contribution in [-0.2, 0) is 9.59 Å². The lowest BCUT2D eigenvalue weighted by molar-refractivity contribution is -0.121. The van der Waals surface area contributed by atoms with Crippen molar-refractivity contribution in [1.29, 1.82) is 0 Å². The number of nitrogens with two attached hydrogens (primary N) is 1. The lowest BCUT2D eigenvalue weighted by Crippen LogP contribution is -2.38. The fraction of sp³-hybridized carbons (Fsp3) is 0.867. The van der Waals surface area contributed by atoms with Gasteiger partial charge < -0.3 is 26.6 Å². The zero-order valence-electron chi connectivity index (χ0n) is 14.1. The van der Waals surface area contributed by atoms with Gasteiger partial charge >= 0.3 is 0 Å². The van der Waals surface area contributed by atoms with Crippen molar-refractivity contribution in [2.45, 2.75) is 32.1 Å². The molecule has 0 saturated carbocycles. The molecule has 0 aliphatic carbocycles. The Kier molecular flexibility index (Phi) is 14.0. The minimum absolute atomic E-state index is 0.0612. The molecule has 0 saturated heterocycles.